The Morgan fingerprint density at radius 2 is 2.04 bits per heavy atom. The standard InChI is InChI=1S/C19H18FN3O2S/c1-3-23-18(25)15-9-4-5-10-16(15)22-19(23)26-12(2)17(24)21-14-8-6-7-13(20)11-14/h4-12H,3H2,1-2H3,(H,21,24)/t12-/m0/s1. The molecule has 0 saturated heterocycles. The fraction of sp³-hybridized carbons (Fsp3) is 0.211. The molecule has 1 heterocycles. The van der Waals surface area contributed by atoms with Crippen molar-refractivity contribution in [3.05, 3.63) is 64.7 Å². The lowest BCUT2D eigenvalue weighted by Gasteiger charge is -2.15. The highest BCUT2D eigenvalue weighted by molar-refractivity contribution is 8.00. The van der Waals surface area contributed by atoms with Crippen LogP contribution in [0, 0.1) is 5.82 Å². The highest BCUT2D eigenvalue weighted by atomic mass is 32.2. The lowest BCUT2D eigenvalue weighted by atomic mass is 10.2. The van der Waals surface area contributed by atoms with E-state index < -0.39 is 11.1 Å². The number of hydrogen-bond acceptors (Lipinski definition) is 4. The third kappa shape index (κ3) is 3.77. The van der Waals surface area contributed by atoms with Crippen LogP contribution in [0.15, 0.2) is 58.5 Å². The van der Waals surface area contributed by atoms with E-state index in [-0.39, 0.29) is 11.5 Å². The molecule has 3 aromatic rings. The molecular weight excluding hydrogens is 353 g/mol. The summed E-state index contributed by atoms with van der Waals surface area (Å²) in [7, 11) is 0. The summed E-state index contributed by atoms with van der Waals surface area (Å²) >= 11 is 1.20. The number of thioether (sulfide) groups is 1. The molecule has 0 fully saturated rings. The fourth-order valence-electron chi connectivity index (χ4n) is 2.54. The molecule has 1 atom stereocenters. The van der Waals surface area contributed by atoms with Crippen LogP contribution in [0.5, 0.6) is 0 Å². The molecule has 0 unspecified atom stereocenters. The number of para-hydroxylation sites is 1. The lowest BCUT2D eigenvalue weighted by Crippen LogP contribution is -2.26. The number of fused-ring (bicyclic) bond motifs is 1. The average molecular weight is 371 g/mol. The second-order valence-electron chi connectivity index (χ2n) is 5.72. The van der Waals surface area contributed by atoms with E-state index in [2.05, 4.69) is 10.3 Å². The maximum atomic E-state index is 13.3. The topological polar surface area (TPSA) is 64.0 Å². The van der Waals surface area contributed by atoms with E-state index in [1.54, 1.807) is 35.8 Å². The number of carbonyl (C=O) groups excluding carboxylic acids is 1. The van der Waals surface area contributed by atoms with Crippen molar-refractivity contribution in [2.24, 2.45) is 0 Å². The van der Waals surface area contributed by atoms with Gasteiger partial charge in [-0.1, -0.05) is 30.0 Å². The van der Waals surface area contributed by atoms with Crippen LogP contribution >= 0.6 is 11.8 Å². The minimum atomic E-state index is -0.510. The van der Waals surface area contributed by atoms with Crippen molar-refractivity contribution in [2.45, 2.75) is 30.8 Å². The minimum absolute atomic E-state index is 0.127. The zero-order chi connectivity index (χ0) is 18.7. The number of carbonyl (C=O) groups is 1. The van der Waals surface area contributed by atoms with Gasteiger partial charge in [-0.2, -0.15) is 0 Å². The maximum Gasteiger partial charge on any atom is 0.262 e. The monoisotopic (exact) mass is 371 g/mol. The molecule has 1 aromatic heterocycles. The molecule has 0 aliphatic rings. The molecule has 0 aliphatic carbocycles. The first-order valence-electron chi connectivity index (χ1n) is 8.22. The summed E-state index contributed by atoms with van der Waals surface area (Å²) in [6, 6.07) is 12.9. The Morgan fingerprint density at radius 3 is 2.77 bits per heavy atom. The summed E-state index contributed by atoms with van der Waals surface area (Å²) in [6.45, 7) is 4.04. The van der Waals surface area contributed by atoms with E-state index in [1.165, 1.54) is 30.0 Å². The Morgan fingerprint density at radius 1 is 1.27 bits per heavy atom. The Hall–Kier alpha value is -2.67. The molecule has 134 valence electrons. The van der Waals surface area contributed by atoms with Crippen LogP contribution in [0.2, 0.25) is 0 Å². The lowest BCUT2D eigenvalue weighted by molar-refractivity contribution is -0.115. The number of halogens is 1. The number of hydrogen-bond donors (Lipinski definition) is 1. The van der Waals surface area contributed by atoms with Gasteiger partial charge in [-0.05, 0) is 44.2 Å². The van der Waals surface area contributed by atoms with E-state index in [4.69, 9.17) is 0 Å². The normalized spacial score (nSPS) is 12.1. The Bertz CT molecular complexity index is 1020. The molecule has 3 rings (SSSR count). The van der Waals surface area contributed by atoms with Gasteiger partial charge in [-0.15, -0.1) is 0 Å². The molecule has 1 N–H and O–H groups in total. The largest absolute Gasteiger partial charge is 0.325 e. The number of aromatic nitrogens is 2. The first-order chi connectivity index (χ1) is 12.5. The Balaban J connectivity index is 1.85. The molecule has 0 radical (unpaired) electrons. The number of anilines is 1. The van der Waals surface area contributed by atoms with E-state index in [1.807, 2.05) is 13.0 Å². The van der Waals surface area contributed by atoms with Gasteiger partial charge in [0.2, 0.25) is 5.91 Å². The van der Waals surface area contributed by atoms with Gasteiger partial charge >= 0.3 is 0 Å². The quantitative estimate of drug-likeness (QED) is 0.549. The average Bonchev–Trinajstić information content (AvgIpc) is 2.62. The van der Waals surface area contributed by atoms with E-state index in [0.29, 0.717) is 28.3 Å². The van der Waals surface area contributed by atoms with Gasteiger partial charge in [0.15, 0.2) is 5.16 Å². The highest BCUT2D eigenvalue weighted by Crippen LogP contribution is 2.23. The van der Waals surface area contributed by atoms with Crippen molar-refractivity contribution < 1.29 is 9.18 Å². The van der Waals surface area contributed by atoms with E-state index in [9.17, 15) is 14.0 Å². The highest BCUT2D eigenvalue weighted by Gasteiger charge is 2.19. The minimum Gasteiger partial charge on any atom is -0.325 e. The Labute approximate surface area is 154 Å². The second-order valence-corrected chi connectivity index (χ2v) is 7.03. The summed E-state index contributed by atoms with van der Waals surface area (Å²) in [6.07, 6.45) is 0. The molecule has 0 aliphatic heterocycles. The smallest absolute Gasteiger partial charge is 0.262 e. The zero-order valence-electron chi connectivity index (χ0n) is 14.4. The number of nitrogens with one attached hydrogen (secondary N) is 1. The number of nitrogens with zero attached hydrogens (tertiary/aromatic N) is 2. The van der Waals surface area contributed by atoms with Gasteiger partial charge in [-0.25, -0.2) is 9.37 Å². The van der Waals surface area contributed by atoms with Crippen LogP contribution in [-0.4, -0.2) is 20.7 Å². The molecule has 1 amide bonds. The number of amides is 1. The molecule has 0 bridgehead atoms. The third-order valence-corrected chi connectivity index (χ3v) is 4.98. The van der Waals surface area contributed by atoms with Gasteiger partial charge in [0, 0.05) is 12.2 Å². The first-order valence-corrected chi connectivity index (χ1v) is 9.10. The molecule has 2 aromatic carbocycles. The van der Waals surface area contributed by atoms with Crippen molar-refractivity contribution >= 4 is 34.3 Å². The summed E-state index contributed by atoms with van der Waals surface area (Å²) in [5, 5.41) is 3.20. The molecule has 0 saturated carbocycles. The number of rotatable bonds is 5. The summed E-state index contributed by atoms with van der Waals surface area (Å²) < 4.78 is 14.8. The van der Waals surface area contributed by atoms with Crippen LogP contribution in [0.1, 0.15) is 13.8 Å². The van der Waals surface area contributed by atoms with E-state index in [0.717, 1.165) is 0 Å². The fourth-order valence-corrected chi connectivity index (χ4v) is 3.51. The van der Waals surface area contributed by atoms with Crippen molar-refractivity contribution in [3.8, 4) is 0 Å². The SMILES string of the molecule is CCn1c(S[C@@H](C)C(=O)Nc2cccc(F)c2)nc2ccccc2c1=O. The molecule has 5 nitrogen and oxygen atoms in total. The number of benzene rings is 2. The van der Waals surface area contributed by atoms with Crippen molar-refractivity contribution in [3.63, 3.8) is 0 Å². The van der Waals surface area contributed by atoms with E-state index >= 15 is 0 Å². The molecule has 26 heavy (non-hydrogen) atoms. The van der Waals surface area contributed by atoms with Gasteiger partial charge < -0.3 is 5.32 Å². The van der Waals surface area contributed by atoms with Crippen LogP contribution < -0.4 is 10.9 Å². The Kier molecular flexibility index (Phi) is 5.37. The van der Waals surface area contributed by atoms with Crippen molar-refractivity contribution in [2.75, 3.05) is 5.32 Å². The van der Waals surface area contributed by atoms with Gasteiger partial charge in [0.1, 0.15) is 5.82 Å². The van der Waals surface area contributed by atoms with Crippen LogP contribution in [-0.2, 0) is 11.3 Å². The molecule has 7 heteroatoms. The van der Waals surface area contributed by atoms with Gasteiger partial charge in [0.25, 0.3) is 5.56 Å². The maximum absolute atomic E-state index is 13.3. The van der Waals surface area contributed by atoms with Crippen molar-refractivity contribution in [1.82, 2.24) is 9.55 Å². The predicted octanol–water partition coefficient (Wildman–Crippen LogP) is 3.67. The van der Waals surface area contributed by atoms with Crippen LogP contribution in [0.4, 0.5) is 10.1 Å². The molecule has 0 spiro atoms. The summed E-state index contributed by atoms with van der Waals surface area (Å²) in [5.41, 5.74) is 0.863. The molecular formula is C19H18FN3O2S. The zero-order valence-corrected chi connectivity index (χ0v) is 15.2. The summed E-state index contributed by atoms with van der Waals surface area (Å²) in [5.74, 6) is -0.704. The van der Waals surface area contributed by atoms with Crippen LogP contribution in [0.3, 0.4) is 0 Å². The van der Waals surface area contributed by atoms with Crippen molar-refractivity contribution in [1.29, 1.82) is 0 Å². The third-order valence-electron chi connectivity index (χ3n) is 3.89. The van der Waals surface area contributed by atoms with Crippen LogP contribution in [0.25, 0.3) is 10.9 Å². The second kappa shape index (κ2) is 7.70. The summed E-state index contributed by atoms with van der Waals surface area (Å²) in [4.78, 5) is 29.6. The van der Waals surface area contributed by atoms with Gasteiger partial charge in [0.05, 0.1) is 16.2 Å². The van der Waals surface area contributed by atoms with Gasteiger partial charge in [-0.3, -0.25) is 14.2 Å². The first kappa shape index (κ1) is 18.1. The predicted molar refractivity (Wildman–Crippen MR) is 102 cm³/mol.